The predicted molar refractivity (Wildman–Crippen MR) is 45.9 cm³/mol. The molecule has 0 saturated heterocycles. The minimum absolute atomic E-state index is 0.271. The summed E-state index contributed by atoms with van der Waals surface area (Å²) in [5.41, 5.74) is 1.26. The monoisotopic (exact) mass is 192 g/mol. The average molecular weight is 193 g/mol. The Kier molecular flexibility index (Phi) is 2.40. The molecule has 0 aliphatic rings. The van der Waals surface area contributed by atoms with E-state index in [4.69, 9.17) is 23.2 Å². The molecule has 1 aromatic carbocycles. The van der Waals surface area contributed by atoms with Crippen LogP contribution in [0.25, 0.3) is 0 Å². The highest BCUT2D eigenvalue weighted by atomic mass is 35.5. The van der Waals surface area contributed by atoms with Crippen LogP contribution in [0.3, 0.4) is 0 Å². The second-order valence-corrected chi connectivity index (χ2v) is 3.19. The fraction of sp³-hybridized carbons (Fsp3) is 0.250. The quantitative estimate of drug-likeness (QED) is 0.550. The van der Waals surface area contributed by atoms with Crippen LogP contribution in [-0.2, 0) is 0 Å². The van der Waals surface area contributed by atoms with Crippen LogP contribution in [0.2, 0.25) is 10.0 Å². The Bertz CT molecular complexity index is 268. The lowest BCUT2D eigenvalue weighted by Crippen LogP contribution is -1.88. The van der Waals surface area contributed by atoms with Gasteiger partial charge in [0, 0.05) is 0 Å². The topological polar surface area (TPSA) is 0 Å². The van der Waals surface area contributed by atoms with E-state index in [1.54, 1.807) is 13.8 Å². The van der Waals surface area contributed by atoms with Crippen molar-refractivity contribution in [1.29, 1.82) is 0 Å². The van der Waals surface area contributed by atoms with Crippen molar-refractivity contribution in [2.24, 2.45) is 0 Å². The van der Waals surface area contributed by atoms with Gasteiger partial charge in [-0.05, 0) is 31.0 Å². The molecule has 0 unspecified atom stereocenters. The number of hydrogen-bond acceptors (Lipinski definition) is 0. The van der Waals surface area contributed by atoms with Crippen molar-refractivity contribution in [3.8, 4) is 0 Å². The van der Waals surface area contributed by atoms with E-state index in [-0.39, 0.29) is 10.8 Å². The first-order valence-corrected chi connectivity index (χ1v) is 3.90. The zero-order valence-corrected chi connectivity index (χ0v) is 7.72. The molecule has 0 bridgehead atoms. The van der Waals surface area contributed by atoms with Gasteiger partial charge in [0.25, 0.3) is 0 Å². The second-order valence-electron chi connectivity index (χ2n) is 2.40. The molecule has 0 atom stereocenters. The molecule has 60 valence electrons. The lowest BCUT2D eigenvalue weighted by Gasteiger charge is -2.05. The van der Waals surface area contributed by atoms with E-state index in [2.05, 4.69) is 0 Å². The Morgan fingerprint density at radius 3 is 2.27 bits per heavy atom. The van der Waals surface area contributed by atoms with E-state index < -0.39 is 0 Å². The summed E-state index contributed by atoms with van der Waals surface area (Å²) in [7, 11) is 0. The Morgan fingerprint density at radius 1 is 1.18 bits per heavy atom. The Labute approximate surface area is 74.9 Å². The zero-order chi connectivity index (χ0) is 8.59. The third-order valence-corrected chi connectivity index (χ3v) is 2.60. The molecule has 0 heterocycles. The highest BCUT2D eigenvalue weighted by Gasteiger charge is 2.08. The molecule has 0 fully saturated rings. The van der Waals surface area contributed by atoms with Gasteiger partial charge in [0.05, 0.1) is 10.0 Å². The molecule has 1 aromatic rings. The number of hydrogen-bond donors (Lipinski definition) is 0. The molecule has 3 heteroatoms. The standard InChI is InChI=1S/C8H7Cl2F/c1-4-5(2)8(10)6(9)3-7(4)11/h3H,1-2H3. The van der Waals surface area contributed by atoms with E-state index in [1.165, 1.54) is 6.07 Å². The highest BCUT2D eigenvalue weighted by molar-refractivity contribution is 6.42. The van der Waals surface area contributed by atoms with Gasteiger partial charge in [-0.2, -0.15) is 0 Å². The van der Waals surface area contributed by atoms with Crippen molar-refractivity contribution >= 4 is 23.2 Å². The van der Waals surface area contributed by atoms with Crippen molar-refractivity contribution in [2.45, 2.75) is 13.8 Å². The number of benzene rings is 1. The molecule has 0 nitrogen and oxygen atoms in total. The van der Waals surface area contributed by atoms with Crippen LogP contribution in [0.15, 0.2) is 6.07 Å². The first-order chi connectivity index (χ1) is 5.04. The van der Waals surface area contributed by atoms with Gasteiger partial charge in [0.1, 0.15) is 5.82 Å². The minimum atomic E-state index is -0.308. The Hall–Kier alpha value is -0.270. The first-order valence-electron chi connectivity index (χ1n) is 3.14. The van der Waals surface area contributed by atoms with E-state index >= 15 is 0 Å². The molecule has 0 saturated carbocycles. The lowest BCUT2D eigenvalue weighted by molar-refractivity contribution is 0.617. The summed E-state index contributed by atoms with van der Waals surface area (Å²) in [6, 6.07) is 1.23. The summed E-state index contributed by atoms with van der Waals surface area (Å²) in [4.78, 5) is 0. The maximum Gasteiger partial charge on any atom is 0.127 e. The summed E-state index contributed by atoms with van der Waals surface area (Å²) in [5.74, 6) is -0.308. The third-order valence-electron chi connectivity index (χ3n) is 1.71. The highest BCUT2D eigenvalue weighted by Crippen LogP contribution is 2.29. The smallest absolute Gasteiger partial charge is 0.127 e. The summed E-state index contributed by atoms with van der Waals surface area (Å²) in [6.45, 7) is 3.42. The van der Waals surface area contributed by atoms with Crippen molar-refractivity contribution in [3.63, 3.8) is 0 Å². The van der Waals surface area contributed by atoms with Gasteiger partial charge in [-0.3, -0.25) is 0 Å². The molecular weight excluding hydrogens is 186 g/mol. The van der Waals surface area contributed by atoms with Gasteiger partial charge in [-0.15, -0.1) is 0 Å². The number of halogens is 3. The van der Waals surface area contributed by atoms with Gasteiger partial charge >= 0.3 is 0 Å². The van der Waals surface area contributed by atoms with E-state index in [9.17, 15) is 4.39 Å². The van der Waals surface area contributed by atoms with E-state index in [0.717, 1.165) is 0 Å². The third kappa shape index (κ3) is 1.49. The van der Waals surface area contributed by atoms with Crippen LogP contribution in [0.5, 0.6) is 0 Å². The van der Waals surface area contributed by atoms with Gasteiger partial charge in [-0.25, -0.2) is 4.39 Å². The van der Waals surface area contributed by atoms with Crippen molar-refractivity contribution < 1.29 is 4.39 Å². The van der Waals surface area contributed by atoms with Crippen molar-refractivity contribution in [1.82, 2.24) is 0 Å². The van der Waals surface area contributed by atoms with Crippen molar-refractivity contribution in [2.75, 3.05) is 0 Å². The van der Waals surface area contributed by atoms with Crippen LogP contribution < -0.4 is 0 Å². The van der Waals surface area contributed by atoms with Crippen molar-refractivity contribution in [3.05, 3.63) is 33.1 Å². The summed E-state index contributed by atoms with van der Waals surface area (Å²) >= 11 is 11.4. The molecule has 11 heavy (non-hydrogen) atoms. The molecule has 0 radical (unpaired) electrons. The predicted octanol–water partition coefficient (Wildman–Crippen LogP) is 3.75. The lowest BCUT2D eigenvalue weighted by atomic mass is 10.1. The van der Waals surface area contributed by atoms with Crippen LogP contribution in [-0.4, -0.2) is 0 Å². The minimum Gasteiger partial charge on any atom is -0.207 e. The largest absolute Gasteiger partial charge is 0.207 e. The van der Waals surface area contributed by atoms with Gasteiger partial charge in [-0.1, -0.05) is 23.2 Å². The van der Waals surface area contributed by atoms with Gasteiger partial charge < -0.3 is 0 Å². The van der Waals surface area contributed by atoms with Crippen LogP contribution in [0.4, 0.5) is 4.39 Å². The van der Waals surface area contributed by atoms with E-state index in [0.29, 0.717) is 16.1 Å². The zero-order valence-electron chi connectivity index (χ0n) is 6.21. The molecular formula is C8H7Cl2F. The Morgan fingerprint density at radius 2 is 1.73 bits per heavy atom. The fourth-order valence-corrected chi connectivity index (χ4v) is 1.24. The molecule has 0 aliphatic heterocycles. The van der Waals surface area contributed by atoms with Crippen LogP contribution >= 0.6 is 23.2 Å². The molecule has 0 N–H and O–H groups in total. The summed E-state index contributed by atoms with van der Waals surface area (Å²) in [5, 5.41) is 0.706. The molecule has 0 amide bonds. The van der Waals surface area contributed by atoms with E-state index in [1.807, 2.05) is 0 Å². The number of rotatable bonds is 0. The molecule has 1 rings (SSSR count). The second kappa shape index (κ2) is 3.00. The molecule has 0 aromatic heterocycles. The van der Waals surface area contributed by atoms with Gasteiger partial charge in [0.15, 0.2) is 0 Å². The summed E-state index contributed by atoms with van der Waals surface area (Å²) in [6.07, 6.45) is 0. The maximum atomic E-state index is 12.9. The normalized spacial score (nSPS) is 10.3. The Balaban J connectivity index is 3.46. The molecule has 0 spiro atoms. The first kappa shape index (κ1) is 8.82. The fourth-order valence-electron chi connectivity index (χ4n) is 0.806. The molecule has 0 aliphatic carbocycles. The summed E-state index contributed by atoms with van der Waals surface area (Å²) < 4.78 is 12.9. The van der Waals surface area contributed by atoms with Crippen LogP contribution in [0, 0.1) is 19.7 Å². The maximum absolute atomic E-state index is 12.9. The van der Waals surface area contributed by atoms with Crippen LogP contribution in [0.1, 0.15) is 11.1 Å². The van der Waals surface area contributed by atoms with Gasteiger partial charge in [0.2, 0.25) is 0 Å². The SMILES string of the molecule is Cc1c(F)cc(Cl)c(Cl)c1C. The average Bonchev–Trinajstić information content (AvgIpc) is 1.97.